The third-order valence-corrected chi connectivity index (χ3v) is 2.73. The van der Waals surface area contributed by atoms with Gasteiger partial charge in [-0.15, -0.1) is 0 Å². The van der Waals surface area contributed by atoms with Gasteiger partial charge in [-0.2, -0.15) is 8.42 Å². The third kappa shape index (κ3) is 3.85. The lowest BCUT2D eigenvalue weighted by Gasteiger charge is -2.04. The van der Waals surface area contributed by atoms with Gasteiger partial charge in [0.2, 0.25) is 0 Å². The van der Waals surface area contributed by atoms with Gasteiger partial charge in [0.05, 0.1) is 5.25 Å². The van der Waals surface area contributed by atoms with E-state index < -0.39 is 15.4 Å². The van der Waals surface area contributed by atoms with E-state index in [1.165, 1.54) is 6.92 Å². The Hall–Kier alpha value is -0.0900. The molecule has 0 aromatic rings. The molecule has 0 aliphatic heterocycles. The van der Waals surface area contributed by atoms with Crippen LogP contribution in [0.25, 0.3) is 0 Å². The number of unbranched alkanes of at least 4 members (excludes halogenated alkanes) is 1. The standard InChI is InChI=1S/C6H14O3S/c1-3-4-5-6(2)10(7,8)9/h6H,3-5H2,1-2H3,(H,7,8,9). The molecule has 0 radical (unpaired) electrons. The van der Waals surface area contributed by atoms with E-state index in [4.69, 9.17) is 4.55 Å². The Kier molecular flexibility index (Phi) is 3.89. The van der Waals surface area contributed by atoms with Crippen molar-refractivity contribution < 1.29 is 13.0 Å². The Labute approximate surface area is 62.2 Å². The summed E-state index contributed by atoms with van der Waals surface area (Å²) < 4.78 is 29.3. The molecular weight excluding hydrogens is 152 g/mol. The van der Waals surface area contributed by atoms with Crippen LogP contribution in [0, 0.1) is 0 Å². The van der Waals surface area contributed by atoms with Crippen LogP contribution < -0.4 is 0 Å². The largest absolute Gasteiger partial charge is 0.285 e. The molecule has 1 N–H and O–H groups in total. The van der Waals surface area contributed by atoms with E-state index >= 15 is 0 Å². The molecule has 3 nitrogen and oxygen atoms in total. The van der Waals surface area contributed by atoms with Gasteiger partial charge in [-0.05, 0) is 13.3 Å². The molecule has 0 saturated carbocycles. The molecule has 4 heteroatoms. The molecule has 10 heavy (non-hydrogen) atoms. The topological polar surface area (TPSA) is 54.4 Å². The second-order valence-corrected chi connectivity index (χ2v) is 4.30. The minimum Gasteiger partial charge on any atom is -0.285 e. The highest BCUT2D eigenvalue weighted by atomic mass is 32.2. The first-order chi connectivity index (χ1) is 4.48. The lowest BCUT2D eigenvalue weighted by atomic mass is 10.2. The fraction of sp³-hybridized carbons (Fsp3) is 1.00. The Balaban J connectivity index is 3.75. The summed E-state index contributed by atoms with van der Waals surface area (Å²) in [5.74, 6) is 0. The molecule has 0 bridgehead atoms. The van der Waals surface area contributed by atoms with Gasteiger partial charge in [-0.3, -0.25) is 4.55 Å². The van der Waals surface area contributed by atoms with E-state index in [9.17, 15) is 8.42 Å². The number of hydrogen-bond acceptors (Lipinski definition) is 2. The maximum absolute atomic E-state index is 10.4. The fourth-order valence-electron chi connectivity index (χ4n) is 0.641. The van der Waals surface area contributed by atoms with E-state index in [1.807, 2.05) is 6.92 Å². The van der Waals surface area contributed by atoms with Crippen molar-refractivity contribution in [2.45, 2.75) is 38.4 Å². The first-order valence-electron chi connectivity index (χ1n) is 3.44. The third-order valence-electron chi connectivity index (χ3n) is 1.47. The predicted octanol–water partition coefficient (Wildman–Crippen LogP) is 1.45. The summed E-state index contributed by atoms with van der Waals surface area (Å²) in [7, 11) is -3.78. The predicted molar refractivity (Wildman–Crippen MR) is 40.5 cm³/mol. The van der Waals surface area contributed by atoms with Gasteiger partial charge in [-0.25, -0.2) is 0 Å². The maximum atomic E-state index is 10.4. The van der Waals surface area contributed by atoms with Gasteiger partial charge in [0.25, 0.3) is 10.1 Å². The molecule has 1 unspecified atom stereocenters. The minimum atomic E-state index is -3.78. The highest BCUT2D eigenvalue weighted by Crippen LogP contribution is 2.07. The summed E-state index contributed by atoms with van der Waals surface area (Å²) in [4.78, 5) is 0. The van der Waals surface area contributed by atoms with E-state index in [2.05, 4.69) is 0 Å². The van der Waals surface area contributed by atoms with Crippen LogP contribution in [-0.2, 0) is 10.1 Å². The van der Waals surface area contributed by atoms with Crippen molar-refractivity contribution in [1.29, 1.82) is 0 Å². The highest BCUT2D eigenvalue weighted by molar-refractivity contribution is 7.86. The summed E-state index contributed by atoms with van der Waals surface area (Å²) >= 11 is 0. The quantitative estimate of drug-likeness (QED) is 0.643. The van der Waals surface area contributed by atoms with Gasteiger partial charge >= 0.3 is 0 Å². The monoisotopic (exact) mass is 166 g/mol. The zero-order valence-electron chi connectivity index (χ0n) is 6.37. The zero-order chi connectivity index (χ0) is 8.20. The van der Waals surface area contributed by atoms with Crippen LogP contribution in [-0.4, -0.2) is 18.2 Å². The van der Waals surface area contributed by atoms with Crippen molar-refractivity contribution in [2.24, 2.45) is 0 Å². The van der Waals surface area contributed by atoms with Gasteiger partial charge in [-0.1, -0.05) is 19.8 Å². The van der Waals surface area contributed by atoms with Gasteiger partial charge in [0.1, 0.15) is 0 Å². The average Bonchev–Trinajstić information content (AvgIpc) is 1.80. The molecule has 0 aromatic carbocycles. The molecule has 0 aromatic heterocycles. The zero-order valence-corrected chi connectivity index (χ0v) is 7.19. The molecule has 62 valence electrons. The lowest BCUT2D eigenvalue weighted by Crippen LogP contribution is -2.15. The average molecular weight is 166 g/mol. The Morgan fingerprint density at radius 1 is 1.50 bits per heavy atom. The van der Waals surface area contributed by atoms with E-state index in [-0.39, 0.29) is 0 Å². The van der Waals surface area contributed by atoms with Crippen molar-refractivity contribution in [3.63, 3.8) is 0 Å². The Morgan fingerprint density at radius 3 is 2.30 bits per heavy atom. The van der Waals surface area contributed by atoms with Crippen molar-refractivity contribution in [3.05, 3.63) is 0 Å². The van der Waals surface area contributed by atoms with Crippen molar-refractivity contribution in [1.82, 2.24) is 0 Å². The summed E-state index contributed by atoms with van der Waals surface area (Å²) in [6.07, 6.45) is 2.36. The summed E-state index contributed by atoms with van der Waals surface area (Å²) in [5.41, 5.74) is 0. The SMILES string of the molecule is CCCCC(C)S(=O)(=O)O. The highest BCUT2D eigenvalue weighted by Gasteiger charge is 2.15. The van der Waals surface area contributed by atoms with Gasteiger partial charge in [0.15, 0.2) is 0 Å². The van der Waals surface area contributed by atoms with E-state index in [0.717, 1.165) is 12.8 Å². The van der Waals surface area contributed by atoms with Crippen molar-refractivity contribution in [3.8, 4) is 0 Å². The molecule has 0 amide bonds. The maximum Gasteiger partial charge on any atom is 0.267 e. The Bertz CT molecular complexity index is 171. The van der Waals surface area contributed by atoms with Crippen LogP contribution in [0.3, 0.4) is 0 Å². The molecule has 0 fully saturated rings. The Morgan fingerprint density at radius 2 is 2.00 bits per heavy atom. The fourth-order valence-corrected chi connectivity index (χ4v) is 1.11. The smallest absolute Gasteiger partial charge is 0.267 e. The lowest BCUT2D eigenvalue weighted by molar-refractivity contribution is 0.464. The number of rotatable bonds is 4. The van der Waals surface area contributed by atoms with Crippen LogP contribution in [0.15, 0.2) is 0 Å². The van der Waals surface area contributed by atoms with E-state index in [1.54, 1.807) is 0 Å². The molecule has 0 aliphatic rings. The van der Waals surface area contributed by atoms with Crippen LogP contribution in [0.4, 0.5) is 0 Å². The van der Waals surface area contributed by atoms with E-state index in [0.29, 0.717) is 6.42 Å². The molecule has 0 aliphatic carbocycles. The second kappa shape index (κ2) is 3.93. The summed E-state index contributed by atoms with van der Waals surface area (Å²) in [5, 5.41) is -0.604. The first-order valence-corrected chi connectivity index (χ1v) is 4.95. The molecule has 0 saturated heterocycles. The van der Waals surface area contributed by atoms with Crippen molar-refractivity contribution >= 4 is 10.1 Å². The molecular formula is C6H14O3S. The summed E-state index contributed by atoms with van der Waals surface area (Å²) in [6.45, 7) is 3.50. The van der Waals surface area contributed by atoms with Crippen LogP contribution in [0.5, 0.6) is 0 Å². The second-order valence-electron chi connectivity index (χ2n) is 2.47. The molecule has 0 heterocycles. The van der Waals surface area contributed by atoms with Crippen LogP contribution in [0.2, 0.25) is 0 Å². The van der Waals surface area contributed by atoms with Gasteiger partial charge in [0, 0.05) is 0 Å². The van der Waals surface area contributed by atoms with Crippen LogP contribution >= 0.6 is 0 Å². The van der Waals surface area contributed by atoms with Crippen LogP contribution in [0.1, 0.15) is 33.1 Å². The molecule has 0 rings (SSSR count). The normalized spacial score (nSPS) is 15.1. The van der Waals surface area contributed by atoms with Gasteiger partial charge < -0.3 is 0 Å². The molecule has 1 atom stereocenters. The minimum absolute atomic E-state index is 0.551. The number of hydrogen-bond donors (Lipinski definition) is 1. The van der Waals surface area contributed by atoms with Crippen molar-refractivity contribution in [2.75, 3.05) is 0 Å². The molecule has 0 spiro atoms. The first kappa shape index (κ1) is 9.91. The summed E-state index contributed by atoms with van der Waals surface area (Å²) in [6, 6.07) is 0.